The summed E-state index contributed by atoms with van der Waals surface area (Å²) in [7, 11) is 1.55. The summed E-state index contributed by atoms with van der Waals surface area (Å²) in [6.45, 7) is 5.75. The lowest BCUT2D eigenvalue weighted by molar-refractivity contribution is -0.907. The van der Waals surface area contributed by atoms with Gasteiger partial charge in [0.05, 0.1) is 49.5 Å². The van der Waals surface area contributed by atoms with Gasteiger partial charge < -0.3 is 24.4 Å². The number of carbonyl (C=O) groups excluding carboxylic acids is 2. The molecule has 2 saturated heterocycles. The molecule has 0 aliphatic carbocycles. The summed E-state index contributed by atoms with van der Waals surface area (Å²) in [5, 5.41) is 14.2. The second kappa shape index (κ2) is 10.4. The first-order chi connectivity index (χ1) is 16.3. The molecule has 1 N–H and O–H groups in total. The zero-order valence-corrected chi connectivity index (χ0v) is 20.5. The molecule has 2 aliphatic heterocycles. The van der Waals surface area contributed by atoms with Gasteiger partial charge in [-0.1, -0.05) is 41.1 Å². The minimum absolute atomic E-state index is 0.0788. The molecule has 0 bridgehead atoms. The summed E-state index contributed by atoms with van der Waals surface area (Å²) < 4.78 is 10.7. The third-order valence-corrected chi connectivity index (χ3v) is 7.09. The van der Waals surface area contributed by atoms with Gasteiger partial charge in [-0.2, -0.15) is 0 Å². The molecule has 0 aromatic heterocycles. The molecule has 1 atom stereocenters. The number of halogens is 2. The van der Waals surface area contributed by atoms with E-state index in [1.165, 1.54) is 9.80 Å². The van der Waals surface area contributed by atoms with Crippen LogP contribution in [0.25, 0.3) is 5.76 Å². The van der Waals surface area contributed by atoms with E-state index in [2.05, 4.69) is 0 Å². The Labute approximate surface area is 208 Å². The van der Waals surface area contributed by atoms with Crippen LogP contribution in [-0.4, -0.2) is 63.1 Å². The van der Waals surface area contributed by atoms with Crippen LogP contribution in [0, 0.1) is 6.92 Å². The highest BCUT2D eigenvalue weighted by Gasteiger charge is 2.44. The normalized spacial score (nSPS) is 20.7. The van der Waals surface area contributed by atoms with E-state index in [1.807, 2.05) is 6.92 Å². The summed E-state index contributed by atoms with van der Waals surface area (Å²) in [5.41, 5.74) is 1.56. The maximum absolute atomic E-state index is 13.6. The number of amides is 1. The van der Waals surface area contributed by atoms with Crippen LogP contribution in [0.2, 0.25) is 10.0 Å². The van der Waals surface area contributed by atoms with Crippen LogP contribution in [0.3, 0.4) is 0 Å². The number of Topliss-reactive ketones (excluding diaryl/α,β-unsaturated/α-hetero) is 1. The number of carbonyl (C=O) groups is 2. The topological polar surface area (TPSA) is 83.3 Å². The molecule has 9 heteroatoms. The highest BCUT2D eigenvalue weighted by Crippen LogP contribution is 2.40. The van der Waals surface area contributed by atoms with Crippen LogP contribution in [0.5, 0.6) is 5.75 Å². The van der Waals surface area contributed by atoms with Crippen molar-refractivity contribution < 1.29 is 29.1 Å². The Bertz CT molecular complexity index is 1140. The standard InChI is InChI=1S/C25H26Cl2N2O5/c1-15-13-17(4-6-20(15)33-2)23(30)21-22(16-3-5-18(26)19(27)14-16)29(25(32)24(21)31)8-7-28-9-11-34-12-10-28/h3-6,13-14,22,30H,7-12H2,1-2H3. The van der Waals surface area contributed by atoms with Crippen LogP contribution in [0.4, 0.5) is 0 Å². The number of morpholine rings is 1. The monoisotopic (exact) mass is 504 g/mol. The lowest BCUT2D eigenvalue weighted by atomic mass is 9.94. The van der Waals surface area contributed by atoms with Gasteiger partial charge in [0, 0.05) is 5.57 Å². The predicted octanol–water partition coefficient (Wildman–Crippen LogP) is 1.45. The number of quaternary nitrogens is 1. The smallest absolute Gasteiger partial charge is 0.295 e. The summed E-state index contributed by atoms with van der Waals surface area (Å²) in [4.78, 5) is 29.0. The fourth-order valence-electron chi connectivity index (χ4n) is 4.49. The number of aryl methyl sites for hydroxylation is 1. The quantitative estimate of drug-likeness (QED) is 0.365. The van der Waals surface area contributed by atoms with Gasteiger partial charge in [0.2, 0.25) is 5.78 Å². The Hall–Kier alpha value is -2.58. The minimum Gasteiger partial charge on any atom is -0.872 e. The van der Waals surface area contributed by atoms with Crippen LogP contribution < -0.4 is 14.7 Å². The molecular formula is C25H26Cl2N2O5. The van der Waals surface area contributed by atoms with Gasteiger partial charge in [0.25, 0.3) is 5.91 Å². The minimum atomic E-state index is -0.842. The first kappa shape index (κ1) is 24.5. The lowest BCUT2D eigenvalue weighted by Gasteiger charge is -2.30. The second-order valence-corrected chi connectivity index (χ2v) is 9.26. The third kappa shape index (κ3) is 4.79. The largest absolute Gasteiger partial charge is 0.872 e. The average molecular weight is 505 g/mol. The average Bonchev–Trinajstić information content (AvgIpc) is 3.09. The van der Waals surface area contributed by atoms with Crippen molar-refractivity contribution in [3.63, 3.8) is 0 Å². The zero-order chi connectivity index (χ0) is 24.4. The van der Waals surface area contributed by atoms with E-state index in [-0.39, 0.29) is 10.6 Å². The van der Waals surface area contributed by atoms with E-state index < -0.39 is 23.5 Å². The Morgan fingerprint density at radius 3 is 2.53 bits per heavy atom. The number of hydrogen-bond acceptors (Lipinski definition) is 5. The number of methoxy groups -OCH3 is 1. The summed E-state index contributed by atoms with van der Waals surface area (Å²) in [6, 6.07) is 9.03. The Kier molecular flexibility index (Phi) is 7.48. The molecule has 4 rings (SSSR count). The fourth-order valence-corrected chi connectivity index (χ4v) is 4.80. The maximum atomic E-state index is 13.6. The van der Waals surface area contributed by atoms with E-state index >= 15 is 0 Å². The molecule has 2 fully saturated rings. The molecule has 7 nitrogen and oxygen atoms in total. The number of hydrogen-bond donors (Lipinski definition) is 1. The van der Waals surface area contributed by atoms with E-state index in [4.69, 9.17) is 32.7 Å². The number of ether oxygens (including phenoxy) is 2. The molecule has 2 heterocycles. The highest BCUT2D eigenvalue weighted by molar-refractivity contribution is 6.46. The van der Waals surface area contributed by atoms with Gasteiger partial charge in [-0.05, 0) is 47.9 Å². The van der Waals surface area contributed by atoms with Gasteiger partial charge >= 0.3 is 0 Å². The number of benzene rings is 2. The summed E-state index contributed by atoms with van der Waals surface area (Å²) in [5.74, 6) is -1.32. The van der Waals surface area contributed by atoms with Crippen molar-refractivity contribution in [3.8, 4) is 5.75 Å². The molecular weight excluding hydrogens is 479 g/mol. The predicted molar refractivity (Wildman–Crippen MR) is 127 cm³/mol. The summed E-state index contributed by atoms with van der Waals surface area (Å²) in [6.07, 6.45) is 0. The van der Waals surface area contributed by atoms with Gasteiger partial charge in [0.15, 0.2) is 0 Å². The Balaban J connectivity index is 1.77. The van der Waals surface area contributed by atoms with E-state index in [0.717, 1.165) is 18.7 Å². The van der Waals surface area contributed by atoms with Gasteiger partial charge in [-0.15, -0.1) is 0 Å². The maximum Gasteiger partial charge on any atom is 0.295 e. The first-order valence-electron chi connectivity index (χ1n) is 11.1. The van der Waals surface area contributed by atoms with Crippen LogP contribution in [0.1, 0.15) is 22.7 Å². The summed E-state index contributed by atoms with van der Waals surface area (Å²) >= 11 is 12.4. The molecule has 2 aromatic carbocycles. The number of rotatable bonds is 6. The van der Waals surface area contributed by atoms with Gasteiger partial charge in [0.1, 0.15) is 18.8 Å². The van der Waals surface area contributed by atoms with Crippen LogP contribution >= 0.6 is 23.2 Å². The van der Waals surface area contributed by atoms with Gasteiger partial charge in [-0.3, -0.25) is 9.59 Å². The van der Waals surface area contributed by atoms with E-state index in [0.29, 0.717) is 48.2 Å². The number of nitrogens with one attached hydrogen (secondary N) is 1. The molecule has 1 amide bonds. The van der Waals surface area contributed by atoms with Gasteiger partial charge in [-0.25, -0.2) is 0 Å². The Morgan fingerprint density at radius 1 is 1.15 bits per heavy atom. The lowest BCUT2D eigenvalue weighted by Crippen LogP contribution is -3.14. The first-order valence-corrected chi connectivity index (χ1v) is 11.8. The molecule has 2 aliphatic rings. The van der Waals surface area contributed by atoms with Crippen molar-refractivity contribution >= 4 is 40.7 Å². The van der Waals surface area contributed by atoms with Crippen LogP contribution in [0.15, 0.2) is 42.0 Å². The van der Waals surface area contributed by atoms with Crippen molar-refractivity contribution in [2.75, 3.05) is 46.5 Å². The fraction of sp³-hybridized carbons (Fsp3) is 0.360. The van der Waals surface area contributed by atoms with Crippen molar-refractivity contribution in [1.82, 2.24) is 4.90 Å². The van der Waals surface area contributed by atoms with Crippen molar-refractivity contribution in [2.24, 2.45) is 0 Å². The second-order valence-electron chi connectivity index (χ2n) is 8.44. The molecule has 0 saturated carbocycles. The van der Waals surface area contributed by atoms with E-state index in [9.17, 15) is 14.7 Å². The molecule has 1 unspecified atom stereocenters. The van der Waals surface area contributed by atoms with Crippen molar-refractivity contribution in [3.05, 3.63) is 68.7 Å². The third-order valence-electron chi connectivity index (χ3n) is 6.35. The molecule has 2 aromatic rings. The number of likely N-dealkylation sites (tertiary alicyclic amines) is 1. The number of nitrogens with zero attached hydrogens (tertiary/aromatic N) is 1. The highest BCUT2D eigenvalue weighted by atomic mass is 35.5. The van der Waals surface area contributed by atoms with E-state index in [1.54, 1.807) is 43.5 Å². The zero-order valence-electron chi connectivity index (χ0n) is 19.0. The number of ketones is 1. The molecule has 0 radical (unpaired) electrons. The van der Waals surface area contributed by atoms with Crippen molar-refractivity contribution in [1.29, 1.82) is 0 Å². The van der Waals surface area contributed by atoms with Crippen molar-refractivity contribution in [2.45, 2.75) is 13.0 Å². The Morgan fingerprint density at radius 2 is 1.88 bits per heavy atom. The molecule has 34 heavy (non-hydrogen) atoms. The SMILES string of the molecule is COc1ccc(C([O-])=C2C(=O)C(=O)N(CC[NH+]3CCOCC3)C2c2ccc(Cl)c(Cl)c2)cc1C. The molecule has 180 valence electrons. The van der Waals surface area contributed by atoms with Crippen LogP contribution in [-0.2, 0) is 14.3 Å². The molecule has 0 spiro atoms.